The average molecular weight is 552 g/mol. The van der Waals surface area contributed by atoms with Crippen molar-refractivity contribution in [2.24, 2.45) is 52.3 Å². The summed E-state index contributed by atoms with van der Waals surface area (Å²) in [5, 5.41) is 0. The minimum Gasteiger partial charge on any atom is -0.462 e. The van der Waals surface area contributed by atoms with Crippen LogP contribution in [0.25, 0.3) is 0 Å². The number of esters is 1. The van der Waals surface area contributed by atoms with Crippen molar-refractivity contribution in [1.82, 2.24) is 0 Å². The van der Waals surface area contributed by atoms with Crippen LogP contribution in [-0.4, -0.2) is 41.2 Å². The van der Waals surface area contributed by atoms with Crippen molar-refractivity contribution >= 4 is 27.7 Å². The van der Waals surface area contributed by atoms with Gasteiger partial charge in [0, 0.05) is 30.0 Å². The second kappa shape index (κ2) is 8.27. The molecule has 2 aliphatic heterocycles. The first kappa shape index (κ1) is 24.9. The van der Waals surface area contributed by atoms with Crippen LogP contribution in [0.3, 0.4) is 0 Å². The Labute approximate surface area is 218 Å². The zero-order chi connectivity index (χ0) is 24.9. The van der Waals surface area contributed by atoms with Gasteiger partial charge < -0.3 is 14.2 Å². The zero-order valence-electron chi connectivity index (χ0n) is 22.1. The Morgan fingerprint density at radius 1 is 1.03 bits per heavy atom. The van der Waals surface area contributed by atoms with E-state index in [2.05, 4.69) is 43.6 Å². The van der Waals surface area contributed by atoms with Crippen LogP contribution in [-0.2, 0) is 23.8 Å². The molecule has 0 radical (unpaired) electrons. The molecule has 5 nitrogen and oxygen atoms in total. The summed E-state index contributed by atoms with van der Waals surface area (Å²) in [6, 6.07) is 0. The van der Waals surface area contributed by atoms with Gasteiger partial charge in [-0.1, -0.05) is 43.6 Å². The first-order valence-corrected chi connectivity index (χ1v) is 15.1. The van der Waals surface area contributed by atoms with Crippen LogP contribution in [0.15, 0.2) is 0 Å². The fraction of sp³-hybridized carbons (Fsp3) is 0.931. The van der Waals surface area contributed by atoms with Crippen molar-refractivity contribution in [3.05, 3.63) is 0 Å². The quantitative estimate of drug-likeness (QED) is 0.299. The maximum atomic E-state index is 13.2. The molecular formula is C29H43BrO5. The number of fused-ring (bicyclic) bond motifs is 7. The normalized spacial score (nSPS) is 57.3. The molecule has 4 saturated carbocycles. The molecule has 6 heteroatoms. The molecule has 4 aliphatic carbocycles. The molecule has 6 rings (SSSR count). The number of hydrogen-bond donors (Lipinski definition) is 0. The molecule has 6 fully saturated rings. The van der Waals surface area contributed by atoms with Gasteiger partial charge >= 0.3 is 5.97 Å². The number of ketones is 1. The number of halogens is 1. The van der Waals surface area contributed by atoms with E-state index in [1.807, 2.05) is 0 Å². The summed E-state index contributed by atoms with van der Waals surface area (Å²) in [5.41, 5.74) is 0.358. The standard InChI is InChI=1S/C29H43BrO5/c1-15-10-25(32)29(33-14-15)16(2)26-24(35-29)13-21-19-12-23(34-17(3)31)22-11-18(30)6-8-27(22,4)20(19)7-9-28(21,26)5/h15-16,18-24,26H,6-14H2,1-5H3/t15-,16-,18-,19+,20-,21-,22+,23+,24-,26-,27+,28-,29-/m0/s1. The smallest absolute Gasteiger partial charge is 0.302 e. The Kier molecular flexibility index (Phi) is 5.87. The van der Waals surface area contributed by atoms with Crippen molar-refractivity contribution in [3.63, 3.8) is 0 Å². The number of Topliss-reactive ketones (excluding diaryl/α,β-unsaturated/α-hetero) is 1. The van der Waals surface area contributed by atoms with Gasteiger partial charge in [0.15, 0.2) is 5.78 Å². The number of hydrogen-bond acceptors (Lipinski definition) is 5. The third-order valence-corrected chi connectivity index (χ3v) is 12.8. The van der Waals surface area contributed by atoms with E-state index in [0.29, 0.717) is 47.4 Å². The number of rotatable bonds is 1. The zero-order valence-corrected chi connectivity index (χ0v) is 23.6. The van der Waals surface area contributed by atoms with Gasteiger partial charge in [-0.3, -0.25) is 9.59 Å². The second-order valence-corrected chi connectivity index (χ2v) is 15.0. The maximum Gasteiger partial charge on any atom is 0.302 e. The van der Waals surface area contributed by atoms with Crippen LogP contribution >= 0.6 is 15.9 Å². The molecule has 13 atom stereocenters. The highest BCUT2D eigenvalue weighted by Crippen LogP contribution is 2.71. The molecular weight excluding hydrogens is 508 g/mol. The molecule has 0 unspecified atom stereocenters. The van der Waals surface area contributed by atoms with Crippen molar-refractivity contribution in [1.29, 1.82) is 0 Å². The monoisotopic (exact) mass is 550 g/mol. The predicted octanol–water partition coefficient (Wildman–Crippen LogP) is 5.92. The highest BCUT2D eigenvalue weighted by Gasteiger charge is 2.71. The average Bonchev–Trinajstić information content (AvgIpc) is 3.23. The molecule has 0 aromatic carbocycles. The molecule has 6 aliphatic rings. The van der Waals surface area contributed by atoms with Crippen LogP contribution in [0.2, 0.25) is 0 Å². The molecule has 2 heterocycles. The molecule has 35 heavy (non-hydrogen) atoms. The van der Waals surface area contributed by atoms with E-state index < -0.39 is 5.79 Å². The van der Waals surface area contributed by atoms with Crippen molar-refractivity contribution in [2.75, 3.05) is 6.61 Å². The van der Waals surface area contributed by atoms with Gasteiger partial charge in [0.2, 0.25) is 5.79 Å². The fourth-order valence-electron chi connectivity index (χ4n) is 10.5. The summed E-state index contributed by atoms with van der Waals surface area (Å²) in [5.74, 6) is 1.89. The third-order valence-electron chi connectivity index (χ3n) is 12.0. The molecule has 196 valence electrons. The third kappa shape index (κ3) is 3.44. The van der Waals surface area contributed by atoms with Crippen molar-refractivity contribution < 1.29 is 23.8 Å². The Hall–Kier alpha value is -0.460. The van der Waals surface area contributed by atoms with Crippen molar-refractivity contribution in [2.45, 2.75) is 109 Å². The lowest BCUT2D eigenvalue weighted by Crippen LogP contribution is -2.59. The molecule has 1 spiro atoms. The molecule has 0 bridgehead atoms. The molecule has 2 saturated heterocycles. The van der Waals surface area contributed by atoms with Gasteiger partial charge in [-0.25, -0.2) is 0 Å². The van der Waals surface area contributed by atoms with Crippen LogP contribution < -0.4 is 0 Å². The van der Waals surface area contributed by atoms with E-state index in [1.54, 1.807) is 6.92 Å². The second-order valence-electron chi connectivity index (χ2n) is 13.7. The minimum atomic E-state index is -1.02. The SMILES string of the molecule is CC(=O)O[C@@H]1C[C@@H]2[C@H](CC[C@]3(C)[C@@H]4[C@H](C[C@@H]23)O[C@@]2(OC[C@@H](C)CC2=O)[C@H]4C)[C@@]2(C)CC[C@H](Br)C[C@H]12. The summed E-state index contributed by atoms with van der Waals surface area (Å²) in [6.07, 6.45) is 8.61. The number of carbonyl (C=O) groups is 2. The summed E-state index contributed by atoms with van der Waals surface area (Å²) in [7, 11) is 0. The molecule has 0 N–H and O–H groups in total. The van der Waals surface area contributed by atoms with E-state index in [-0.39, 0.29) is 46.6 Å². The molecule has 0 aromatic rings. The first-order chi connectivity index (χ1) is 16.5. The summed E-state index contributed by atoms with van der Waals surface area (Å²) >= 11 is 3.90. The lowest BCUT2D eigenvalue weighted by atomic mass is 9.44. The molecule has 0 amide bonds. The first-order valence-electron chi connectivity index (χ1n) is 14.2. The highest BCUT2D eigenvalue weighted by molar-refractivity contribution is 9.09. The van der Waals surface area contributed by atoms with Gasteiger partial charge in [0.05, 0.1) is 12.7 Å². The van der Waals surface area contributed by atoms with Crippen LogP contribution in [0, 0.1) is 52.3 Å². The van der Waals surface area contributed by atoms with Gasteiger partial charge in [-0.15, -0.1) is 0 Å². The number of ether oxygens (including phenoxy) is 3. The Morgan fingerprint density at radius 3 is 2.49 bits per heavy atom. The van der Waals surface area contributed by atoms with E-state index in [4.69, 9.17) is 14.2 Å². The number of carbonyl (C=O) groups excluding carboxylic acids is 2. The Balaban J connectivity index is 1.31. The van der Waals surface area contributed by atoms with Crippen LogP contribution in [0.4, 0.5) is 0 Å². The van der Waals surface area contributed by atoms with Crippen molar-refractivity contribution in [3.8, 4) is 0 Å². The van der Waals surface area contributed by atoms with Crippen LogP contribution in [0.5, 0.6) is 0 Å². The Bertz CT molecular complexity index is 908. The summed E-state index contributed by atoms with van der Waals surface area (Å²) in [4.78, 5) is 25.9. The van der Waals surface area contributed by atoms with E-state index in [1.165, 1.54) is 25.7 Å². The van der Waals surface area contributed by atoms with E-state index in [9.17, 15) is 9.59 Å². The topological polar surface area (TPSA) is 61.8 Å². The summed E-state index contributed by atoms with van der Waals surface area (Å²) in [6.45, 7) is 11.5. The summed E-state index contributed by atoms with van der Waals surface area (Å²) < 4.78 is 19.0. The van der Waals surface area contributed by atoms with Gasteiger partial charge in [0.1, 0.15) is 6.10 Å². The predicted molar refractivity (Wildman–Crippen MR) is 136 cm³/mol. The van der Waals surface area contributed by atoms with Gasteiger partial charge in [-0.05, 0) is 85.4 Å². The largest absolute Gasteiger partial charge is 0.462 e. The number of alkyl halides is 1. The van der Waals surface area contributed by atoms with Gasteiger partial charge in [-0.2, -0.15) is 0 Å². The maximum absolute atomic E-state index is 13.2. The molecule has 0 aromatic heterocycles. The Morgan fingerprint density at radius 2 is 1.77 bits per heavy atom. The minimum absolute atomic E-state index is 0.0105. The fourth-order valence-corrected chi connectivity index (χ4v) is 11.2. The van der Waals surface area contributed by atoms with E-state index >= 15 is 0 Å². The highest BCUT2D eigenvalue weighted by atomic mass is 79.9. The van der Waals surface area contributed by atoms with Gasteiger partial charge in [0.25, 0.3) is 0 Å². The van der Waals surface area contributed by atoms with Crippen LogP contribution in [0.1, 0.15) is 86.0 Å². The lowest BCUT2D eigenvalue weighted by molar-refractivity contribution is -0.252. The van der Waals surface area contributed by atoms with E-state index in [0.717, 1.165) is 19.3 Å². The lowest BCUT2D eigenvalue weighted by Gasteiger charge is -2.62.